The Morgan fingerprint density at radius 3 is 2.21 bits per heavy atom. The fourth-order valence-corrected chi connectivity index (χ4v) is 1.22. The monoisotopic (exact) mass is 198 g/mol. The zero-order chi connectivity index (χ0) is 11.4. The van der Waals surface area contributed by atoms with Gasteiger partial charge < -0.3 is 0 Å². The fourth-order valence-electron chi connectivity index (χ4n) is 1.22. The summed E-state index contributed by atoms with van der Waals surface area (Å²) in [6.45, 7) is 13.1. The summed E-state index contributed by atoms with van der Waals surface area (Å²) in [4.78, 5) is 0. The Hall–Kier alpha value is -0.260. The number of rotatable bonds is 6. The zero-order valence-electron chi connectivity index (χ0n) is 11.2. The van der Waals surface area contributed by atoms with Crippen LogP contribution in [0.15, 0.2) is 11.6 Å². The van der Waals surface area contributed by atoms with Crippen molar-refractivity contribution in [1.29, 1.82) is 0 Å². The lowest BCUT2D eigenvalue weighted by Crippen LogP contribution is -1.92. The van der Waals surface area contributed by atoms with Crippen molar-refractivity contribution in [2.45, 2.75) is 73.6 Å². The average Bonchev–Trinajstić information content (AvgIpc) is 2.25. The highest BCUT2D eigenvalue weighted by molar-refractivity contribution is 4.96. The zero-order valence-corrected chi connectivity index (χ0v) is 11.2. The van der Waals surface area contributed by atoms with Crippen LogP contribution in [0.3, 0.4) is 0 Å². The van der Waals surface area contributed by atoms with E-state index in [0.717, 1.165) is 5.92 Å². The Morgan fingerprint density at radius 1 is 1.21 bits per heavy atom. The first-order valence-electron chi connectivity index (χ1n) is 6.36. The normalized spacial score (nSPS) is 13.1. The van der Waals surface area contributed by atoms with Crippen LogP contribution in [-0.4, -0.2) is 0 Å². The molecule has 0 fully saturated rings. The van der Waals surface area contributed by atoms with Crippen LogP contribution in [0.25, 0.3) is 0 Å². The maximum atomic E-state index is 2.40. The van der Waals surface area contributed by atoms with Gasteiger partial charge in [0.15, 0.2) is 0 Å². The molecule has 0 N–H and O–H groups in total. The quantitative estimate of drug-likeness (QED) is 0.488. The van der Waals surface area contributed by atoms with Crippen molar-refractivity contribution < 1.29 is 0 Å². The molecule has 0 rings (SSSR count). The SMILES string of the molecule is CC.CCCCC(C)C/C=C(/C)CC. The maximum absolute atomic E-state index is 2.40. The molecule has 0 heteroatoms. The fraction of sp³-hybridized carbons (Fsp3) is 0.857. The standard InChI is InChI=1S/C12H24.C2H6/c1-5-7-8-12(4)10-9-11(3)6-2;1-2/h9,12H,5-8,10H2,1-4H3;1-2H3/b11-9-;. The summed E-state index contributed by atoms with van der Waals surface area (Å²) in [6, 6.07) is 0. The molecule has 0 nitrogen and oxygen atoms in total. The van der Waals surface area contributed by atoms with Crippen molar-refractivity contribution in [3.63, 3.8) is 0 Å². The molecule has 0 saturated carbocycles. The van der Waals surface area contributed by atoms with E-state index in [1.54, 1.807) is 5.57 Å². The van der Waals surface area contributed by atoms with Gasteiger partial charge in [-0.05, 0) is 25.7 Å². The molecule has 0 saturated heterocycles. The van der Waals surface area contributed by atoms with E-state index in [2.05, 4.69) is 33.8 Å². The van der Waals surface area contributed by atoms with Crippen LogP contribution < -0.4 is 0 Å². The molecule has 1 unspecified atom stereocenters. The third kappa shape index (κ3) is 11.7. The van der Waals surface area contributed by atoms with E-state index < -0.39 is 0 Å². The van der Waals surface area contributed by atoms with E-state index in [1.807, 2.05) is 13.8 Å². The lowest BCUT2D eigenvalue weighted by atomic mass is 9.99. The Morgan fingerprint density at radius 2 is 1.79 bits per heavy atom. The Bertz CT molecular complexity index is 122. The molecule has 0 amide bonds. The first kappa shape index (κ1) is 16.2. The first-order valence-corrected chi connectivity index (χ1v) is 6.36. The molecule has 86 valence electrons. The van der Waals surface area contributed by atoms with Crippen LogP contribution in [0.2, 0.25) is 0 Å². The summed E-state index contributed by atoms with van der Waals surface area (Å²) in [5, 5.41) is 0. The van der Waals surface area contributed by atoms with Crippen LogP contribution in [0.4, 0.5) is 0 Å². The summed E-state index contributed by atoms with van der Waals surface area (Å²) in [5.74, 6) is 0.881. The third-order valence-electron chi connectivity index (χ3n) is 2.48. The first-order chi connectivity index (χ1) is 6.70. The molecular formula is C14H30. The van der Waals surface area contributed by atoms with Gasteiger partial charge in [0.1, 0.15) is 0 Å². The summed E-state index contributed by atoms with van der Waals surface area (Å²) < 4.78 is 0. The molecular weight excluding hydrogens is 168 g/mol. The molecule has 0 aliphatic heterocycles. The molecule has 0 radical (unpaired) electrons. The molecule has 14 heavy (non-hydrogen) atoms. The van der Waals surface area contributed by atoms with Gasteiger partial charge in [-0.15, -0.1) is 0 Å². The topological polar surface area (TPSA) is 0 Å². The Labute approximate surface area is 91.8 Å². The second-order valence-corrected chi connectivity index (χ2v) is 3.89. The summed E-state index contributed by atoms with van der Waals surface area (Å²) >= 11 is 0. The van der Waals surface area contributed by atoms with Crippen molar-refractivity contribution in [2.75, 3.05) is 0 Å². The second-order valence-electron chi connectivity index (χ2n) is 3.89. The second kappa shape index (κ2) is 12.7. The van der Waals surface area contributed by atoms with E-state index in [0.29, 0.717) is 0 Å². The molecule has 0 aromatic heterocycles. The molecule has 0 spiro atoms. The van der Waals surface area contributed by atoms with Crippen molar-refractivity contribution in [1.82, 2.24) is 0 Å². The van der Waals surface area contributed by atoms with Crippen LogP contribution in [0.5, 0.6) is 0 Å². The molecule has 0 heterocycles. The lowest BCUT2D eigenvalue weighted by molar-refractivity contribution is 0.510. The van der Waals surface area contributed by atoms with Gasteiger partial charge in [0.25, 0.3) is 0 Å². The summed E-state index contributed by atoms with van der Waals surface area (Å²) in [7, 11) is 0. The van der Waals surface area contributed by atoms with Crippen LogP contribution in [0, 0.1) is 5.92 Å². The summed E-state index contributed by atoms with van der Waals surface area (Å²) in [6.07, 6.45) is 9.01. The van der Waals surface area contributed by atoms with Gasteiger partial charge in [-0.1, -0.05) is 65.5 Å². The number of allylic oxidation sites excluding steroid dienone is 2. The van der Waals surface area contributed by atoms with Gasteiger partial charge in [0.2, 0.25) is 0 Å². The van der Waals surface area contributed by atoms with Crippen LogP contribution >= 0.6 is 0 Å². The van der Waals surface area contributed by atoms with Gasteiger partial charge in [-0.2, -0.15) is 0 Å². The van der Waals surface area contributed by atoms with Gasteiger partial charge in [0.05, 0.1) is 0 Å². The van der Waals surface area contributed by atoms with Gasteiger partial charge >= 0.3 is 0 Å². The van der Waals surface area contributed by atoms with Crippen molar-refractivity contribution in [2.24, 2.45) is 5.92 Å². The van der Waals surface area contributed by atoms with E-state index in [1.165, 1.54) is 32.1 Å². The molecule has 0 aromatic carbocycles. The Kier molecular flexibility index (Phi) is 14.7. The minimum atomic E-state index is 0.881. The maximum Gasteiger partial charge on any atom is -0.0322 e. The minimum Gasteiger partial charge on any atom is -0.0854 e. The highest BCUT2D eigenvalue weighted by atomic mass is 14.0. The predicted molar refractivity (Wildman–Crippen MR) is 68.7 cm³/mol. The minimum absolute atomic E-state index is 0.881. The predicted octanol–water partition coefficient (Wildman–Crippen LogP) is 5.59. The molecule has 0 bridgehead atoms. The van der Waals surface area contributed by atoms with E-state index in [-0.39, 0.29) is 0 Å². The third-order valence-corrected chi connectivity index (χ3v) is 2.48. The van der Waals surface area contributed by atoms with Gasteiger partial charge in [-0.3, -0.25) is 0 Å². The lowest BCUT2D eigenvalue weighted by Gasteiger charge is -2.07. The van der Waals surface area contributed by atoms with E-state index >= 15 is 0 Å². The number of unbranched alkanes of at least 4 members (excludes halogenated alkanes) is 1. The molecule has 0 aliphatic rings. The molecule has 1 atom stereocenters. The van der Waals surface area contributed by atoms with Crippen molar-refractivity contribution >= 4 is 0 Å². The van der Waals surface area contributed by atoms with E-state index in [4.69, 9.17) is 0 Å². The van der Waals surface area contributed by atoms with Crippen molar-refractivity contribution in [3.8, 4) is 0 Å². The highest BCUT2D eigenvalue weighted by Crippen LogP contribution is 2.14. The average molecular weight is 198 g/mol. The highest BCUT2D eigenvalue weighted by Gasteiger charge is 1.98. The molecule has 0 aromatic rings. The van der Waals surface area contributed by atoms with E-state index in [9.17, 15) is 0 Å². The number of hydrogen-bond donors (Lipinski definition) is 0. The largest absolute Gasteiger partial charge is 0.0854 e. The number of hydrogen-bond acceptors (Lipinski definition) is 0. The van der Waals surface area contributed by atoms with Crippen LogP contribution in [-0.2, 0) is 0 Å². The van der Waals surface area contributed by atoms with Gasteiger partial charge in [-0.25, -0.2) is 0 Å². The molecule has 0 aliphatic carbocycles. The van der Waals surface area contributed by atoms with Gasteiger partial charge in [0, 0.05) is 0 Å². The summed E-state index contributed by atoms with van der Waals surface area (Å²) in [5.41, 5.74) is 1.54. The Balaban J connectivity index is 0. The van der Waals surface area contributed by atoms with Crippen LogP contribution in [0.1, 0.15) is 73.6 Å². The smallest absolute Gasteiger partial charge is 0.0322 e. The van der Waals surface area contributed by atoms with Crippen molar-refractivity contribution in [3.05, 3.63) is 11.6 Å².